The third-order valence-corrected chi connectivity index (χ3v) is 6.68. The molecule has 0 bridgehead atoms. The first-order valence-corrected chi connectivity index (χ1v) is 12.4. The SMILES string of the molecule is CC[C@@H](C)NC(=O)[C@H](CC)N(Cc1ccc(Cl)cc1)C(=O)CSCc1ccccc1Cl. The van der Waals surface area contributed by atoms with E-state index in [1.165, 1.54) is 11.8 Å². The molecule has 0 radical (unpaired) electrons. The van der Waals surface area contributed by atoms with E-state index in [4.69, 9.17) is 23.2 Å². The molecular formula is C24H30Cl2N2O2S. The molecule has 0 saturated heterocycles. The molecule has 0 aliphatic rings. The van der Waals surface area contributed by atoms with Crippen molar-refractivity contribution >= 4 is 46.8 Å². The van der Waals surface area contributed by atoms with Crippen LogP contribution < -0.4 is 5.32 Å². The summed E-state index contributed by atoms with van der Waals surface area (Å²) < 4.78 is 0. The highest BCUT2D eigenvalue weighted by Crippen LogP contribution is 2.22. The molecule has 0 unspecified atom stereocenters. The summed E-state index contributed by atoms with van der Waals surface area (Å²) in [6.07, 6.45) is 1.37. The van der Waals surface area contributed by atoms with E-state index in [2.05, 4.69) is 5.32 Å². The van der Waals surface area contributed by atoms with Crippen molar-refractivity contribution < 1.29 is 9.59 Å². The minimum atomic E-state index is -0.530. The first-order chi connectivity index (χ1) is 14.8. The number of nitrogens with zero attached hydrogens (tertiary/aromatic N) is 1. The number of benzene rings is 2. The van der Waals surface area contributed by atoms with Gasteiger partial charge in [0.15, 0.2) is 0 Å². The van der Waals surface area contributed by atoms with Crippen LogP contribution in [0, 0.1) is 0 Å². The molecule has 1 N–H and O–H groups in total. The molecule has 2 atom stereocenters. The minimum Gasteiger partial charge on any atom is -0.352 e. The molecule has 0 aliphatic carbocycles. The number of carbonyl (C=O) groups is 2. The van der Waals surface area contributed by atoms with Crippen LogP contribution in [0.25, 0.3) is 0 Å². The molecule has 0 aliphatic heterocycles. The highest BCUT2D eigenvalue weighted by Gasteiger charge is 2.29. The Morgan fingerprint density at radius 3 is 2.32 bits per heavy atom. The van der Waals surface area contributed by atoms with Gasteiger partial charge < -0.3 is 10.2 Å². The van der Waals surface area contributed by atoms with E-state index in [-0.39, 0.29) is 23.6 Å². The van der Waals surface area contributed by atoms with Crippen molar-refractivity contribution in [3.05, 3.63) is 69.7 Å². The van der Waals surface area contributed by atoms with Crippen molar-refractivity contribution in [2.75, 3.05) is 5.75 Å². The molecule has 0 spiro atoms. The van der Waals surface area contributed by atoms with Crippen LogP contribution in [0.3, 0.4) is 0 Å². The van der Waals surface area contributed by atoms with Crippen molar-refractivity contribution in [3.63, 3.8) is 0 Å². The number of hydrogen-bond acceptors (Lipinski definition) is 3. The van der Waals surface area contributed by atoms with Crippen LogP contribution in [-0.4, -0.2) is 34.6 Å². The Hall–Kier alpha value is -1.69. The lowest BCUT2D eigenvalue weighted by molar-refractivity contribution is -0.139. The quantitative estimate of drug-likeness (QED) is 0.432. The van der Waals surface area contributed by atoms with Gasteiger partial charge in [-0.05, 0) is 49.1 Å². The molecule has 2 rings (SSSR count). The summed E-state index contributed by atoms with van der Waals surface area (Å²) >= 11 is 13.7. The average molecular weight is 481 g/mol. The van der Waals surface area contributed by atoms with Crippen molar-refractivity contribution in [2.45, 2.75) is 58.0 Å². The van der Waals surface area contributed by atoms with E-state index in [0.29, 0.717) is 28.8 Å². The zero-order valence-electron chi connectivity index (χ0n) is 18.2. The number of carbonyl (C=O) groups excluding carboxylic acids is 2. The van der Waals surface area contributed by atoms with Gasteiger partial charge in [0.05, 0.1) is 5.75 Å². The molecule has 168 valence electrons. The van der Waals surface area contributed by atoms with Gasteiger partial charge in [-0.25, -0.2) is 0 Å². The van der Waals surface area contributed by atoms with Gasteiger partial charge in [0.2, 0.25) is 11.8 Å². The van der Waals surface area contributed by atoms with E-state index in [1.54, 1.807) is 17.0 Å². The molecule has 2 aromatic rings. The van der Waals surface area contributed by atoms with Gasteiger partial charge in [-0.15, -0.1) is 11.8 Å². The largest absolute Gasteiger partial charge is 0.352 e. The summed E-state index contributed by atoms with van der Waals surface area (Å²) in [7, 11) is 0. The molecule has 4 nitrogen and oxygen atoms in total. The van der Waals surface area contributed by atoms with Gasteiger partial charge in [0.1, 0.15) is 6.04 Å². The highest BCUT2D eigenvalue weighted by atomic mass is 35.5. The van der Waals surface area contributed by atoms with Crippen molar-refractivity contribution in [1.29, 1.82) is 0 Å². The summed E-state index contributed by atoms with van der Waals surface area (Å²) in [5.41, 5.74) is 1.93. The maximum Gasteiger partial charge on any atom is 0.243 e. The van der Waals surface area contributed by atoms with Crippen LogP contribution >= 0.6 is 35.0 Å². The smallest absolute Gasteiger partial charge is 0.243 e. The molecule has 2 aromatic carbocycles. The Morgan fingerprint density at radius 2 is 1.71 bits per heavy atom. The number of nitrogens with one attached hydrogen (secondary N) is 1. The summed E-state index contributed by atoms with van der Waals surface area (Å²) in [4.78, 5) is 27.8. The van der Waals surface area contributed by atoms with E-state index in [9.17, 15) is 9.59 Å². The predicted molar refractivity (Wildman–Crippen MR) is 132 cm³/mol. The summed E-state index contributed by atoms with van der Waals surface area (Å²) in [6, 6.07) is 14.5. The van der Waals surface area contributed by atoms with E-state index >= 15 is 0 Å². The number of thioether (sulfide) groups is 1. The standard InChI is InChI=1S/C24H30Cl2N2O2S/c1-4-17(3)27-24(30)22(5-2)28(14-18-10-12-20(25)13-11-18)23(29)16-31-15-19-8-6-7-9-21(19)26/h6-13,17,22H,4-5,14-16H2,1-3H3,(H,27,30)/t17-,22+/m1/s1. The number of amides is 2. The Bertz CT molecular complexity index is 861. The Kier molecular flexibility index (Phi) is 10.7. The normalized spacial score (nSPS) is 12.8. The van der Waals surface area contributed by atoms with E-state index in [0.717, 1.165) is 17.5 Å². The van der Waals surface area contributed by atoms with Gasteiger partial charge in [-0.1, -0.05) is 67.4 Å². The molecule has 31 heavy (non-hydrogen) atoms. The maximum atomic E-state index is 13.2. The second-order valence-corrected chi connectivity index (χ2v) is 9.30. The monoisotopic (exact) mass is 480 g/mol. The van der Waals surface area contributed by atoms with Gasteiger partial charge >= 0.3 is 0 Å². The Labute approximate surface area is 199 Å². The molecule has 0 aromatic heterocycles. The number of halogens is 2. The zero-order chi connectivity index (χ0) is 22.8. The van der Waals surface area contributed by atoms with E-state index in [1.807, 2.05) is 57.2 Å². The lowest BCUT2D eigenvalue weighted by Crippen LogP contribution is -2.51. The van der Waals surface area contributed by atoms with Crippen molar-refractivity contribution in [3.8, 4) is 0 Å². The van der Waals surface area contributed by atoms with Crippen molar-refractivity contribution in [1.82, 2.24) is 10.2 Å². The van der Waals surface area contributed by atoms with Gasteiger partial charge in [0.25, 0.3) is 0 Å². The Morgan fingerprint density at radius 1 is 1.03 bits per heavy atom. The number of rotatable bonds is 11. The first kappa shape index (κ1) is 25.6. The molecule has 0 heterocycles. The van der Waals surface area contributed by atoms with Gasteiger partial charge in [-0.2, -0.15) is 0 Å². The third kappa shape index (κ3) is 8.06. The fourth-order valence-corrected chi connectivity index (χ4v) is 4.42. The van der Waals surface area contributed by atoms with Crippen molar-refractivity contribution in [2.24, 2.45) is 0 Å². The minimum absolute atomic E-state index is 0.0589. The summed E-state index contributed by atoms with van der Waals surface area (Å²) in [5.74, 6) is 0.718. The fraction of sp³-hybridized carbons (Fsp3) is 0.417. The summed E-state index contributed by atoms with van der Waals surface area (Å²) in [5, 5.41) is 4.35. The van der Waals surface area contributed by atoms with Crippen LogP contribution in [0.15, 0.2) is 48.5 Å². The lowest BCUT2D eigenvalue weighted by atomic mass is 10.1. The summed E-state index contributed by atoms with van der Waals surface area (Å²) in [6.45, 7) is 6.28. The van der Waals surface area contributed by atoms with Gasteiger partial charge in [-0.3, -0.25) is 9.59 Å². The second kappa shape index (κ2) is 13.0. The fourth-order valence-electron chi connectivity index (χ4n) is 3.09. The lowest BCUT2D eigenvalue weighted by Gasteiger charge is -2.31. The molecule has 0 saturated carbocycles. The average Bonchev–Trinajstić information content (AvgIpc) is 2.76. The molecule has 2 amide bonds. The second-order valence-electron chi connectivity index (χ2n) is 7.47. The van der Waals surface area contributed by atoms with Crippen LogP contribution in [0.5, 0.6) is 0 Å². The first-order valence-electron chi connectivity index (χ1n) is 10.5. The maximum absolute atomic E-state index is 13.2. The number of hydrogen-bond donors (Lipinski definition) is 1. The van der Waals surface area contributed by atoms with Crippen LogP contribution in [-0.2, 0) is 21.9 Å². The van der Waals surface area contributed by atoms with Crippen LogP contribution in [0.2, 0.25) is 10.0 Å². The molecule has 7 heteroatoms. The zero-order valence-corrected chi connectivity index (χ0v) is 20.6. The van der Waals surface area contributed by atoms with Crippen LogP contribution in [0.1, 0.15) is 44.7 Å². The predicted octanol–water partition coefficient (Wildman–Crippen LogP) is 5.95. The third-order valence-electron chi connectivity index (χ3n) is 5.09. The highest BCUT2D eigenvalue weighted by molar-refractivity contribution is 7.99. The molecule has 0 fully saturated rings. The van der Waals surface area contributed by atoms with Crippen LogP contribution in [0.4, 0.5) is 0 Å². The van der Waals surface area contributed by atoms with Gasteiger partial charge in [0, 0.05) is 28.4 Å². The Balaban J connectivity index is 2.14. The topological polar surface area (TPSA) is 49.4 Å². The van der Waals surface area contributed by atoms with E-state index < -0.39 is 6.04 Å². The molecular weight excluding hydrogens is 451 g/mol.